The summed E-state index contributed by atoms with van der Waals surface area (Å²) in [5.74, 6) is 1.13. The second kappa shape index (κ2) is 5.53. The van der Waals surface area contributed by atoms with Crippen LogP contribution in [0.3, 0.4) is 0 Å². The van der Waals surface area contributed by atoms with Crippen LogP contribution >= 0.6 is 0 Å². The molecule has 1 aromatic carbocycles. The molecule has 0 aromatic heterocycles. The molecule has 1 aliphatic carbocycles. The highest BCUT2D eigenvalue weighted by Gasteiger charge is 2.34. The van der Waals surface area contributed by atoms with E-state index in [-0.39, 0.29) is 17.6 Å². The van der Waals surface area contributed by atoms with Crippen molar-refractivity contribution in [3.05, 3.63) is 23.3 Å². The maximum absolute atomic E-state index is 12.1. The van der Waals surface area contributed by atoms with Crippen LogP contribution in [-0.4, -0.2) is 44.9 Å². The lowest BCUT2D eigenvalue weighted by Gasteiger charge is -2.17. The van der Waals surface area contributed by atoms with Crippen LogP contribution in [0.5, 0.6) is 11.5 Å². The van der Waals surface area contributed by atoms with E-state index in [0.29, 0.717) is 29.9 Å². The third-order valence-electron chi connectivity index (χ3n) is 3.63. The summed E-state index contributed by atoms with van der Waals surface area (Å²) in [4.78, 5) is 25.6. The Morgan fingerprint density at radius 1 is 1.30 bits per heavy atom. The number of benzene rings is 1. The zero-order chi connectivity index (χ0) is 14.9. The van der Waals surface area contributed by atoms with Gasteiger partial charge in [-0.25, -0.2) is 0 Å². The first-order valence-electron chi connectivity index (χ1n) is 6.47. The van der Waals surface area contributed by atoms with E-state index in [9.17, 15) is 9.59 Å². The van der Waals surface area contributed by atoms with Crippen LogP contribution in [0.1, 0.15) is 34.7 Å². The third-order valence-corrected chi connectivity index (χ3v) is 3.63. The van der Waals surface area contributed by atoms with Gasteiger partial charge in [-0.05, 0) is 6.07 Å². The van der Waals surface area contributed by atoms with E-state index in [1.165, 1.54) is 0 Å². The quantitative estimate of drug-likeness (QED) is 0.843. The summed E-state index contributed by atoms with van der Waals surface area (Å²) in [5, 5.41) is 0. The Kier molecular flexibility index (Phi) is 3.97. The Morgan fingerprint density at radius 2 is 2.00 bits per heavy atom. The van der Waals surface area contributed by atoms with E-state index in [1.54, 1.807) is 45.3 Å². The van der Waals surface area contributed by atoms with E-state index in [0.717, 1.165) is 5.56 Å². The van der Waals surface area contributed by atoms with Crippen LogP contribution < -0.4 is 9.47 Å². The van der Waals surface area contributed by atoms with Gasteiger partial charge in [0.05, 0.1) is 14.2 Å². The Bertz CT molecular complexity index is 551. The molecule has 0 fully saturated rings. The number of fused-ring (bicyclic) bond motifs is 1. The van der Waals surface area contributed by atoms with Gasteiger partial charge < -0.3 is 14.4 Å². The van der Waals surface area contributed by atoms with Crippen molar-refractivity contribution in [1.82, 2.24) is 4.90 Å². The zero-order valence-electron chi connectivity index (χ0n) is 12.2. The van der Waals surface area contributed by atoms with Gasteiger partial charge in [0, 0.05) is 50.0 Å². The smallest absolute Gasteiger partial charge is 0.222 e. The lowest BCUT2D eigenvalue weighted by molar-refractivity contribution is -0.129. The maximum Gasteiger partial charge on any atom is 0.222 e. The first-order valence-corrected chi connectivity index (χ1v) is 6.47. The first-order chi connectivity index (χ1) is 9.47. The number of amides is 1. The third kappa shape index (κ3) is 2.48. The number of hydrogen-bond acceptors (Lipinski definition) is 4. The Hall–Kier alpha value is -2.04. The summed E-state index contributed by atoms with van der Waals surface area (Å²) >= 11 is 0. The van der Waals surface area contributed by atoms with Gasteiger partial charge in [0.2, 0.25) is 5.91 Å². The van der Waals surface area contributed by atoms with Crippen molar-refractivity contribution in [2.24, 2.45) is 0 Å². The van der Waals surface area contributed by atoms with Crippen LogP contribution in [0, 0.1) is 0 Å². The van der Waals surface area contributed by atoms with Crippen molar-refractivity contribution in [2.75, 3.05) is 28.3 Å². The number of methoxy groups -OCH3 is 2. The molecule has 20 heavy (non-hydrogen) atoms. The molecule has 1 amide bonds. The molecule has 0 aliphatic heterocycles. The second-order valence-corrected chi connectivity index (χ2v) is 5.11. The van der Waals surface area contributed by atoms with E-state index < -0.39 is 0 Å². The monoisotopic (exact) mass is 277 g/mol. The summed E-state index contributed by atoms with van der Waals surface area (Å²) in [7, 11) is 6.53. The molecule has 0 radical (unpaired) electrons. The van der Waals surface area contributed by atoms with E-state index in [4.69, 9.17) is 9.47 Å². The average Bonchev–Trinajstić information content (AvgIpc) is 2.74. The molecule has 5 nitrogen and oxygen atoms in total. The molecule has 0 saturated carbocycles. The van der Waals surface area contributed by atoms with Crippen molar-refractivity contribution < 1.29 is 19.1 Å². The van der Waals surface area contributed by atoms with Crippen LogP contribution in [0.15, 0.2) is 12.1 Å². The SMILES string of the molecule is COc1cc(OC)c2c(c1)C(=O)CC2CC(=O)N(C)C. The standard InChI is InChI=1S/C15H19NO4/c1-16(2)14(18)6-9-5-12(17)11-7-10(19-3)8-13(20-4)15(9)11/h7-9H,5-6H2,1-4H3. The molecule has 2 rings (SSSR count). The van der Waals surface area contributed by atoms with Crippen molar-refractivity contribution in [3.8, 4) is 11.5 Å². The summed E-state index contributed by atoms with van der Waals surface area (Å²) in [6, 6.07) is 3.48. The Labute approximate surface area is 118 Å². The van der Waals surface area contributed by atoms with Gasteiger partial charge in [-0.2, -0.15) is 0 Å². The lowest BCUT2D eigenvalue weighted by atomic mass is 9.96. The van der Waals surface area contributed by atoms with Crippen molar-refractivity contribution in [1.29, 1.82) is 0 Å². The van der Waals surface area contributed by atoms with E-state index in [1.807, 2.05) is 0 Å². The average molecular weight is 277 g/mol. The number of nitrogens with zero attached hydrogens (tertiary/aromatic N) is 1. The van der Waals surface area contributed by atoms with Crippen LogP contribution in [0.25, 0.3) is 0 Å². The Morgan fingerprint density at radius 3 is 2.55 bits per heavy atom. The van der Waals surface area contributed by atoms with Crippen molar-refractivity contribution in [3.63, 3.8) is 0 Å². The maximum atomic E-state index is 12.1. The largest absolute Gasteiger partial charge is 0.497 e. The highest BCUT2D eigenvalue weighted by atomic mass is 16.5. The highest BCUT2D eigenvalue weighted by Crippen LogP contribution is 2.43. The van der Waals surface area contributed by atoms with E-state index in [2.05, 4.69) is 0 Å². The molecule has 1 unspecified atom stereocenters. The van der Waals surface area contributed by atoms with E-state index >= 15 is 0 Å². The Balaban J connectivity index is 2.41. The highest BCUT2D eigenvalue weighted by molar-refractivity contribution is 6.03. The molecule has 1 aliphatic rings. The number of rotatable bonds is 4. The number of hydrogen-bond donors (Lipinski definition) is 0. The second-order valence-electron chi connectivity index (χ2n) is 5.11. The molecule has 0 bridgehead atoms. The molecule has 0 heterocycles. The fourth-order valence-electron chi connectivity index (χ4n) is 2.54. The number of ether oxygens (including phenoxy) is 2. The molecule has 0 spiro atoms. The molecule has 1 atom stereocenters. The number of carbonyl (C=O) groups excluding carboxylic acids is 2. The lowest BCUT2D eigenvalue weighted by Crippen LogP contribution is -2.23. The van der Waals surface area contributed by atoms with Crippen molar-refractivity contribution >= 4 is 11.7 Å². The van der Waals surface area contributed by atoms with Crippen molar-refractivity contribution in [2.45, 2.75) is 18.8 Å². The molecule has 5 heteroatoms. The van der Waals surface area contributed by atoms with Gasteiger partial charge >= 0.3 is 0 Å². The summed E-state index contributed by atoms with van der Waals surface area (Å²) in [6.07, 6.45) is 0.660. The minimum absolute atomic E-state index is 0.00789. The minimum Gasteiger partial charge on any atom is -0.497 e. The fraction of sp³-hybridized carbons (Fsp3) is 0.467. The number of Topliss-reactive ketones (excluding diaryl/α,β-unsaturated/α-hetero) is 1. The van der Waals surface area contributed by atoms with Gasteiger partial charge in [0.1, 0.15) is 11.5 Å². The summed E-state index contributed by atoms with van der Waals surface area (Å²) in [5.41, 5.74) is 1.44. The predicted molar refractivity (Wildman–Crippen MR) is 74.5 cm³/mol. The topological polar surface area (TPSA) is 55.8 Å². The molecule has 0 saturated heterocycles. The summed E-state index contributed by atoms with van der Waals surface area (Å²) < 4.78 is 10.5. The van der Waals surface area contributed by atoms with Gasteiger partial charge in [-0.1, -0.05) is 0 Å². The van der Waals surface area contributed by atoms with Crippen LogP contribution in [0.4, 0.5) is 0 Å². The summed E-state index contributed by atoms with van der Waals surface area (Å²) in [6.45, 7) is 0. The van der Waals surface area contributed by atoms with Gasteiger partial charge in [0.25, 0.3) is 0 Å². The van der Waals surface area contributed by atoms with Gasteiger partial charge in [-0.15, -0.1) is 0 Å². The fourth-order valence-corrected chi connectivity index (χ4v) is 2.54. The first kappa shape index (κ1) is 14.4. The van der Waals surface area contributed by atoms with Gasteiger partial charge in [-0.3, -0.25) is 9.59 Å². The molecular formula is C15H19NO4. The normalized spacial score (nSPS) is 16.8. The minimum atomic E-state index is -0.117. The predicted octanol–water partition coefficient (Wildman–Crippen LogP) is 1.85. The van der Waals surface area contributed by atoms with Gasteiger partial charge in [0.15, 0.2) is 5.78 Å². The molecule has 0 N–H and O–H groups in total. The number of carbonyl (C=O) groups is 2. The van der Waals surface area contributed by atoms with Crippen LogP contribution in [-0.2, 0) is 4.79 Å². The molecule has 1 aromatic rings. The molecule has 108 valence electrons. The number of ketones is 1. The zero-order valence-corrected chi connectivity index (χ0v) is 12.2. The van der Waals surface area contributed by atoms with Crippen LogP contribution in [0.2, 0.25) is 0 Å². The molecular weight excluding hydrogens is 258 g/mol.